The van der Waals surface area contributed by atoms with E-state index in [4.69, 9.17) is 27.9 Å². The van der Waals surface area contributed by atoms with Gasteiger partial charge in [0.25, 0.3) is 0 Å². The Morgan fingerprint density at radius 2 is 2.06 bits per heavy atom. The number of ether oxygens (including phenoxy) is 1. The summed E-state index contributed by atoms with van der Waals surface area (Å²) in [5.41, 5.74) is 1.45. The third-order valence-corrected chi connectivity index (χ3v) is 2.90. The molecular weight excluding hydrogens is 271 g/mol. The molecule has 0 amide bonds. The van der Waals surface area contributed by atoms with Crippen LogP contribution in [-0.4, -0.2) is 5.97 Å². The summed E-state index contributed by atoms with van der Waals surface area (Å²) < 4.78 is 5.02. The fraction of sp³-hybridized carbons (Fsp3) is 0.0714. The lowest BCUT2D eigenvalue weighted by Gasteiger charge is -2.08. The summed E-state index contributed by atoms with van der Waals surface area (Å²) in [6.07, 6.45) is 0. The summed E-state index contributed by atoms with van der Waals surface area (Å²) in [5, 5.41) is 0.959. The van der Waals surface area contributed by atoms with Crippen molar-refractivity contribution in [3.05, 3.63) is 52.5 Å². The monoisotopic (exact) mass is 279 g/mol. The van der Waals surface area contributed by atoms with Crippen LogP contribution < -0.4 is 4.74 Å². The molecule has 0 saturated heterocycles. The van der Waals surface area contributed by atoms with Crippen LogP contribution in [0.3, 0.4) is 0 Å². The first-order valence-electron chi connectivity index (χ1n) is 5.22. The largest absolute Gasteiger partial charge is 0.427 e. The number of benzene rings is 2. The molecule has 2 rings (SSSR count). The summed E-state index contributed by atoms with van der Waals surface area (Å²) in [7, 11) is 0. The summed E-state index contributed by atoms with van der Waals surface area (Å²) in [6, 6.07) is 13.3. The lowest BCUT2D eigenvalue weighted by Crippen LogP contribution is -2.01. The first-order valence-corrected chi connectivity index (χ1v) is 5.98. The smallest absolute Gasteiger partial charge is 0.308 e. The van der Waals surface area contributed by atoms with Gasteiger partial charge in [0.2, 0.25) is 0 Å². The quantitative estimate of drug-likeness (QED) is 0.602. The molecule has 0 bridgehead atoms. The summed E-state index contributed by atoms with van der Waals surface area (Å²) in [5.74, 6) is 0.0833. The van der Waals surface area contributed by atoms with Crippen LogP contribution in [0, 0.1) is 6.07 Å². The first kappa shape index (κ1) is 12.9. The van der Waals surface area contributed by atoms with Crippen LogP contribution in [0.4, 0.5) is 0 Å². The second kappa shape index (κ2) is 5.42. The van der Waals surface area contributed by atoms with Crippen LogP contribution in [-0.2, 0) is 4.79 Å². The van der Waals surface area contributed by atoms with Crippen LogP contribution in [0.5, 0.6) is 5.75 Å². The Labute approximate surface area is 115 Å². The van der Waals surface area contributed by atoms with Gasteiger partial charge in [0.05, 0.1) is 5.02 Å². The van der Waals surface area contributed by atoms with E-state index in [9.17, 15) is 4.79 Å². The molecule has 0 aliphatic rings. The predicted octanol–water partition coefficient (Wildman–Crippen LogP) is 4.39. The van der Waals surface area contributed by atoms with Crippen molar-refractivity contribution in [2.24, 2.45) is 0 Å². The average molecular weight is 280 g/mol. The minimum absolute atomic E-state index is 0.371. The second-order valence-electron chi connectivity index (χ2n) is 3.64. The number of rotatable bonds is 2. The van der Waals surface area contributed by atoms with Crippen LogP contribution in [0.15, 0.2) is 36.4 Å². The van der Waals surface area contributed by atoms with E-state index in [1.165, 1.54) is 6.92 Å². The van der Waals surface area contributed by atoms with E-state index in [0.29, 0.717) is 21.4 Å². The Hall–Kier alpha value is -1.51. The van der Waals surface area contributed by atoms with Crippen molar-refractivity contribution in [2.45, 2.75) is 6.92 Å². The first-order chi connectivity index (χ1) is 8.58. The van der Waals surface area contributed by atoms with E-state index >= 15 is 0 Å². The molecule has 2 aromatic rings. The zero-order valence-corrected chi connectivity index (χ0v) is 11.0. The number of carbonyl (C=O) groups is 1. The van der Waals surface area contributed by atoms with Crippen LogP contribution >= 0.6 is 23.2 Å². The zero-order chi connectivity index (χ0) is 13.1. The van der Waals surface area contributed by atoms with Gasteiger partial charge in [-0.15, -0.1) is 0 Å². The Balaban J connectivity index is 2.48. The fourth-order valence-corrected chi connectivity index (χ4v) is 2.18. The zero-order valence-electron chi connectivity index (χ0n) is 9.54. The molecule has 91 valence electrons. The highest BCUT2D eigenvalue weighted by Crippen LogP contribution is 2.35. The van der Waals surface area contributed by atoms with Gasteiger partial charge in [-0.2, -0.15) is 0 Å². The SMILES string of the molecule is CC(=O)Oc1cccc(-c2c(Cl)[c]ccc2Cl)c1. The molecule has 0 spiro atoms. The van der Waals surface area contributed by atoms with E-state index in [0.717, 1.165) is 5.56 Å². The minimum atomic E-state index is -0.371. The van der Waals surface area contributed by atoms with Gasteiger partial charge in [-0.1, -0.05) is 41.4 Å². The minimum Gasteiger partial charge on any atom is -0.427 e. The van der Waals surface area contributed by atoms with Gasteiger partial charge in [-0.25, -0.2) is 0 Å². The predicted molar refractivity (Wildman–Crippen MR) is 72.0 cm³/mol. The maximum atomic E-state index is 10.9. The molecular formula is C14H9Cl2O2. The van der Waals surface area contributed by atoms with Gasteiger partial charge >= 0.3 is 5.97 Å². The Morgan fingerprint density at radius 3 is 2.72 bits per heavy atom. The lowest BCUT2D eigenvalue weighted by atomic mass is 10.1. The number of esters is 1. The highest BCUT2D eigenvalue weighted by molar-refractivity contribution is 6.39. The third kappa shape index (κ3) is 2.84. The van der Waals surface area contributed by atoms with Gasteiger partial charge in [0, 0.05) is 23.6 Å². The Kier molecular flexibility index (Phi) is 3.90. The highest BCUT2D eigenvalue weighted by atomic mass is 35.5. The second-order valence-corrected chi connectivity index (χ2v) is 4.42. The molecule has 0 unspecified atom stereocenters. The molecule has 0 aliphatic carbocycles. The molecule has 0 saturated carbocycles. The normalized spacial score (nSPS) is 10.2. The lowest BCUT2D eigenvalue weighted by molar-refractivity contribution is -0.131. The highest BCUT2D eigenvalue weighted by Gasteiger charge is 2.09. The van der Waals surface area contributed by atoms with E-state index < -0.39 is 0 Å². The van der Waals surface area contributed by atoms with Crippen molar-refractivity contribution in [1.29, 1.82) is 0 Å². The van der Waals surface area contributed by atoms with Crippen LogP contribution in [0.1, 0.15) is 6.92 Å². The van der Waals surface area contributed by atoms with Gasteiger partial charge < -0.3 is 4.74 Å². The molecule has 0 fully saturated rings. The summed E-state index contributed by atoms with van der Waals surface area (Å²) in [4.78, 5) is 10.9. The maximum Gasteiger partial charge on any atom is 0.308 e. The van der Waals surface area contributed by atoms with Crippen LogP contribution in [0.25, 0.3) is 11.1 Å². The van der Waals surface area contributed by atoms with Crippen molar-refractivity contribution in [3.63, 3.8) is 0 Å². The third-order valence-electron chi connectivity index (χ3n) is 2.28. The maximum absolute atomic E-state index is 10.9. The molecule has 0 aromatic heterocycles. The van der Waals surface area contributed by atoms with Crippen molar-refractivity contribution in [2.75, 3.05) is 0 Å². The standard InChI is InChI=1S/C14H9Cl2O2/c1-9(17)18-11-5-2-4-10(8-11)14-12(15)6-3-7-13(14)16/h2-6,8H,1H3. The summed E-state index contributed by atoms with van der Waals surface area (Å²) in [6.45, 7) is 1.35. The molecule has 0 heterocycles. The van der Waals surface area contributed by atoms with E-state index in [-0.39, 0.29) is 5.97 Å². The van der Waals surface area contributed by atoms with Crippen molar-refractivity contribution in [1.82, 2.24) is 0 Å². The molecule has 4 heteroatoms. The number of hydrogen-bond donors (Lipinski definition) is 0. The van der Waals surface area contributed by atoms with Crippen molar-refractivity contribution in [3.8, 4) is 16.9 Å². The Bertz CT molecular complexity index is 574. The van der Waals surface area contributed by atoms with E-state index in [1.807, 2.05) is 6.07 Å². The van der Waals surface area contributed by atoms with Crippen LogP contribution in [0.2, 0.25) is 10.0 Å². The fourth-order valence-electron chi connectivity index (χ4n) is 1.59. The number of hydrogen-bond acceptors (Lipinski definition) is 2. The number of halogens is 2. The molecule has 0 N–H and O–H groups in total. The van der Waals surface area contributed by atoms with Crippen molar-refractivity contribution >= 4 is 29.2 Å². The molecule has 18 heavy (non-hydrogen) atoms. The summed E-state index contributed by atoms with van der Waals surface area (Å²) >= 11 is 12.2. The van der Waals surface area contributed by atoms with Gasteiger partial charge in [-0.3, -0.25) is 4.79 Å². The van der Waals surface area contributed by atoms with Gasteiger partial charge in [0.1, 0.15) is 5.75 Å². The van der Waals surface area contributed by atoms with E-state index in [2.05, 4.69) is 6.07 Å². The average Bonchev–Trinajstić information content (AvgIpc) is 2.28. The Morgan fingerprint density at radius 1 is 1.28 bits per heavy atom. The van der Waals surface area contributed by atoms with E-state index in [1.54, 1.807) is 30.3 Å². The molecule has 0 atom stereocenters. The molecule has 2 nitrogen and oxygen atoms in total. The topological polar surface area (TPSA) is 26.3 Å². The molecule has 1 radical (unpaired) electrons. The van der Waals surface area contributed by atoms with Gasteiger partial charge in [0.15, 0.2) is 0 Å². The molecule has 2 aromatic carbocycles. The number of carbonyl (C=O) groups excluding carboxylic acids is 1. The molecule has 0 aliphatic heterocycles. The van der Waals surface area contributed by atoms with Crippen molar-refractivity contribution < 1.29 is 9.53 Å². The van der Waals surface area contributed by atoms with Gasteiger partial charge in [-0.05, 0) is 23.8 Å².